The number of carbonyl (C=O) groups is 1. The Balaban J connectivity index is 0.00000147. The topological polar surface area (TPSA) is 50.4 Å². The lowest BCUT2D eigenvalue weighted by Crippen LogP contribution is -2.48. The first-order chi connectivity index (χ1) is 9.24. The van der Waals surface area contributed by atoms with Crippen LogP contribution in [0.5, 0.6) is 5.75 Å². The predicted octanol–water partition coefficient (Wildman–Crippen LogP) is 2.13. The molecule has 2 heterocycles. The first kappa shape index (κ1) is 15.1. The van der Waals surface area contributed by atoms with E-state index in [1.807, 2.05) is 18.2 Å². The van der Waals surface area contributed by atoms with Crippen molar-refractivity contribution >= 4 is 18.3 Å². The van der Waals surface area contributed by atoms with Gasteiger partial charge < -0.3 is 15.4 Å². The standard InChI is InChI=1S/C15H20N2O2.ClH/c1-19-14-4-2-3-10(7-14)15(18)17-13-8-11-5-6-12(9-13)16-11;/h2-4,7,11-13,16H,5-6,8-9H2,1H3,(H,17,18);1H. The summed E-state index contributed by atoms with van der Waals surface area (Å²) in [6.45, 7) is 0. The summed E-state index contributed by atoms with van der Waals surface area (Å²) in [5, 5.41) is 6.73. The molecule has 3 rings (SSSR count). The zero-order valence-electron chi connectivity index (χ0n) is 11.6. The zero-order chi connectivity index (χ0) is 13.2. The van der Waals surface area contributed by atoms with Gasteiger partial charge in [0.2, 0.25) is 0 Å². The third-order valence-corrected chi connectivity index (χ3v) is 4.14. The predicted molar refractivity (Wildman–Crippen MR) is 80.7 cm³/mol. The minimum atomic E-state index is 0. The Morgan fingerprint density at radius 3 is 2.65 bits per heavy atom. The SMILES string of the molecule is COc1cccc(C(=O)NC2CC3CCC(C2)N3)c1.Cl. The van der Waals surface area contributed by atoms with Crippen molar-refractivity contribution in [3.05, 3.63) is 29.8 Å². The van der Waals surface area contributed by atoms with Gasteiger partial charge in [0.15, 0.2) is 0 Å². The fraction of sp³-hybridized carbons (Fsp3) is 0.533. The van der Waals surface area contributed by atoms with Crippen LogP contribution in [0.4, 0.5) is 0 Å². The molecule has 2 unspecified atom stereocenters. The summed E-state index contributed by atoms with van der Waals surface area (Å²) in [4.78, 5) is 12.2. The number of rotatable bonds is 3. The van der Waals surface area contributed by atoms with Gasteiger partial charge in [-0.3, -0.25) is 4.79 Å². The molecule has 2 N–H and O–H groups in total. The van der Waals surface area contributed by atoms with Crippen molar-refractivity contribution in [3.63, 3.8) is 0 Å². The highest BCUT2D eigenvalue weighted by atomic mass is 35.5. The zero-order valence-corrected chi connectivity index (χ0v) is 12.4. The van der Waals surface area contributed by atoms with Crippen molar-refractivity contribution in [2.75, 3.05) is 7.11 Å². The third kappa shape index (κ3) is 3.25. The molecule has 5 heteroatoms. The van der Waals surface area contributed by atoms with Gasteiger partial charge in [-0.15, -0.1) is 12.4 Å². The molecular formula is C15H21ClN2O2. The maximum absolute atomic E-state index is 12.2. The average molecular weight is 297 g/mol. The number of fused-ring (bicyclic) bond motifs is 2. The number of hydrogen-bond acceptors (Lipinski definition) is 3. The molecule has 0 aliphatic carbocycles. The van der Waals surface area contributed by atoms with Crippen molar-refractivity contribution < 1.29 is 9.53 Å². The molecule has 2 aliphatic rings. The molecule has 4 nitrogen and oxygen atoms in total. The van der Waals surface area contributed by atoms with Crippen LogP contribution in [-0.2, 0) is 0 Å². The van der Waals surface area contributed by atoms with E-state index in [0.717, 1.165) is 18.6 Å². The molecule has 110 valence electrons. The molecule has 0 radical (unpaired) electrons. The number of piperidine rings is 1. The fourth-order valence-corrected chi connectivity index (χ4v) is 3.21. The van der Waals surface area contributed by atoms with E-state index in [9.17, 15) is 4.79 Å². The van der Waals surface area contributed by atoms with Gasteiger partial charge in [0.05, 0.1) is 7.11 Å². The minimum Gasteiger partial charge on any atom is -0.497 e. The lowest BCUT2D eigenvalue weighted by molar-refractivity contribution is 0.0923. The third-order valence-electron chi connectivity index (χ3n) is 4.14. The molecule has 1 aromatic rings. The second-order valence-electron chi connectivity index (χ2n) is 5.51. The quantitative estimate of drug-likeness (QED) is 0.898. The Bertz CT molecular complexity index is 469. The summed E-state index contributed by atoms with van der Waals surface area (Å²) in [6.07, 6.45) is 4.59. The minimum absolute atomic E-state index is 0. The number of ether oxygens (including phenoxy) is 1. The molecule has 2 fully saturated rings. The van der Waals surface area contributed by atoms with E-state index < -0.39 is 0 Å². The van der Waals surface area contributed by atoms with Crippen molar-refractivity contribution in [2.45, 2.75) is 43.8 Å². The molecule has 2 saturated heterocycles. The molecule has 2 bridgehead atoms. The van der Waals surface area contributed by atoms with Crippen LogP contribution in [0, 0.1) is 0 Å². The maximum Gasteiger partial charge on any atom is 0.251 e. The average Bonchev–Trinajstić information content (AvgIpc) is 2.78. The lowest BCUT2D eigenvalue weighted by atomic mass is 9.99. The van der Waals surface area contributed by atoms with Crippen molar-refractivity contribution in [1.29, 1.82) is 0 Å². The Morgan fingerprint density at radius 1 is 1.30 bits per heavy atom. The van der Waals surface area contributed by atoms with E-state index >= 15 is 0 Å². The fourth-order valence-electron chi connectivity index (χ4n) is 3.21. The van der Waals surface area contributed by atoms with Gasteiger partial charge in [0.25, 0.3) is 5.91 Å². The molecule has 2 atom stereocenters. The molecule has 0 saturated carbocycles. The molecule has 0 spiro atoms. The van der Waals surface area contributed by atoms with Crippen molar-refractivity contribution in [3.8, 4) is 5.75 Å². The number of nitrogens with one attached hydrogen (secondary N) is 2. The van der Waals surface area contributed by atoms with Gasteiger partial charge in [-0.2, -0.15) is 0 Å². The number of benzene rings is 1. The Kier molecular flexibility index (Phi) is 4.89. The van der Waals surface area contributed by atoms with Gasteiger partial charge in [-0.05, 0) is 43.9 Å². The lowest BCUT2D eigenvalue weighted by Gasteiger charge is -2.29. The summed E-state index contributed by atoms with van der Waals surface area (Å²) < 4.78 is 5.15. The normalized spacial score (nSPS) is 27.6. The highest BCUT2D eigenvalue weighted by molar-refractivity contribution is 5.94. The van der Waals surface area contributed by atoms with Crippen LogP contribution in [0.1, 0.15) is 36.0 Å². The van der Waals surface area contributed by atoms with E-state index in [1.54, 1.807) is 13.2 Å². The number of halogens is 1. The molecule has 0 aromatic heterocycles. The number of hydrogen-bond donors (Lipinski definition) is 2. The number of amides is 1. The Hall–Kier alpha value is -1.26. The van der Waals surface area contributed by atoms with Crippen LogP contribution in [0.15, 0.2) is 24.3 Å². The van der Waals surface area contributed by atoms with E-state index in [2.05, 4.69) is 10.6 Å². The van der Waals surface area contributed by atoms with Gasteiger partial charge in [-0.1, -0.05) is 6.07 Å². The van der Waals surface area contributed by atoms with Crippen LogP contribution in [0.2, 0.25) is 0 Å². The van der Waals surface area contributed by atoms with Gasteiger partial charge in [-0.25, -0.2) is 0 Å². The van der Waals surface area contributed by atoms with E-state index in [0.29, 0.717) is 23.7 Å². The second kappa shape index (κ2) is 6.46. The van der Waals surface area contributed by atoms with Gasteiger partial charge >= 0.3 is 0 Å². The largest absolute Gasteiger partial charge is 0.497 e. The van der Waals surface area contributed by atoms with Crippen LogP contribution < -0.4 is 15.4 Å². The highest BCUT2D eigenvalue weighted by Crippen LogP contribution is 2.27. The van der Waals surface area contributed by atoms with Crippen molar-refractivity contribution in [1.82, 2.24) is 10.6 Å². The Morgan fingerprint density at radius 2 is 2.00 bits per heavy atom. The van der Waals surface area contributed by atoms with Crippen LogP contribution in [0.25, 0.3) is 0 Å². The van der Waals surface area contributed by atoms with E-state index in [-0.39, 0.29) is 18.3 Å². The first-order valence-corrected chi connectivity index (χ1v) is 6.95. The van der Waals surface area contributed by atoms with Gasteiger partial charge in [0.1, 0.15) is 5.75 Å². The maximum atomic E-state index is 12.2. The summed E-state index contributed by atoms with van der Waals surface area (Å²) in [6, 6.07) is 8.79. The van der Waals surface area contributed by atoms with E-state index in [1.165, 1.54) is 12.8 Å². The number of carbonyl (C=O) groups excluding carboxylic acids is 1. The van der Waals surface area contributed by atoms with Crippen LogP contribution in [-0.4, -0.2) is 31.1 Å². The summed E-state index contributed by atoms with van der Waals surface area (Å²) >= 11 is 0. The summed E-state index contributed by atoms with van der Waals surface area (Å²) in [5.74, 6) is 0.725. The Labute approximate surface area is 125 Å². The summed E-state index contributed by atoms with van der Waals surface area (Å²) in [5.41, 5.74) is 0.672. The van der Waals surface area contributed by atoms with E-state index in [4.69, 9.17) is 4.74 Å². The highest BCUT2D eigenvalue weighted by Gasteiger charge is 2.34. The monoisotopic (exact) mass is 296 g/mol. The number of methoxy groups -OCH3 is 1. The second-order valence-corrected chi connectivity index (χ2v) is 5.51. The van der Waals surface area contributed by atoms with Crippen LogP contribution >= 0.6 is 12.4 Å². The molecule has 1 aromatic carbocycles. The van der Waals surface area contributed by atoms with Crippen molar-refractivity contribution in [2.24, 2.45) is 0 Å². The molecule has 2 aliphatic heterocycles. The smallest absolute Gasteiger partial charge is 0.251 e. The van der Waals surface area contributed by atoms with Gasteiger partial charge in [0, 0.05) is 23.7 Å². The molecule has 1 amide bonds. The molecular weight excluding hydrogens is 276 g/mol. The summed E-state index contributed by atoms with van der Waals surface area (Å²) in [7, 11) is 1.61. The molecule has 20 heavy (non-hydrogen) atoms. The van der Waals surface area contributed by atoms with Crippen LogP contribution in [0.3, 0.4) is 0 Å². The first-order valence-electron chi connectivity index (χ1n) is 6.95.